The van der Waals surface area contributed by atoms with Gasteiger partial charge in [-0.25, -0.2) is 0 Å². The highest BCUT2D eigenvalue weighted by molar-refractivity contribution is 7.25. The van der Waals surface area contributed by atoms with Gasteiger partial charge in [0.25, 0.3) is 0 Å². The van der Waals surface area contributed by atoms with E-state index in [1.807, 2.05) is 23.6 Å². The minimum absolute atomic E-state index is 1.06. The third-order valence-electron chi connectivity index (χ3n) is 5.28. The van der Waals surface area contributed by atoms with Gasteiger partial charge >= 0.3 is 0 Å². The van der Waals surface area contributed by atoms with Gasteiger partial charge in [-0.2, -0.15) is 0 Å². The Morgan fingerprint density at radius 1 is 0.741 bits per heavy atom. The molecule has 0 radical (unpaired) electrons. The Bertz CT molecular complexity index is 1490. The molecule has 2 nitrogen and oxygen atoms in total. The molecule has 6 aromatic rings. The quantitative estimate of drug-likeness (QED) is 0.312. The van der Waals surface area contributed by atoms with Crippen LogP contribution in [0.3, 0.4) is 0 Å². The van der Waals surface area contributed by atoms with E-state index in [1.54, 1.807) is 0 Å². The van der Waals surface area contributed by atoms with Crippen LogP contribution in [0.1, 0.15) is 5.56 Å². The molecular formula is C24H16N2S. The van der Waals surface area contributed by atoms with Crippen LogP contribution in [0.5, 0.6) is 0 Å². The first-order valence-corrected chi connectivity index (χ1v) is 9.89. The van der Waals surface area contributed by atoms with E-state index < -0.39 is 0 Å². The summed E-state index contributed by atoms with van der Waals surface area (Å²) in [6.07, 6.45) is 1.89. The molecule has 3 aromatic carbocycles. The zero-order valence-corrected chi connectivity index (χ0v) is 15.6. The van der Waals surface area contributed by atoms with Gasteiger partial charge in [-0.3, -0.25) is 4.98 Å². The Balaban J connectivity index is 1.83. The first-order chi connectivity index (χ1) is 13.3. The fourth-order valence-electron chi connectivity index (χ4n) is 4.10. The van der Waals surface area contributed by atoms with Crippen molar-refractivity contribution in [3.05, 3.63) is 84.6 Å². The summed E-state index contributed by atoms with van der Waals surface area (Å²) in [4.78, 5) is 4.73. The lowest BCUT2D eigenvalue weighted by Gasteiger charge is -2.08. The third kappa shape index (κ3) is 2.09. The van der Waals surface area contributed by atoms with Gasteiger partial charge < -0.3 is 4.57 Å². The molecule has 0 amide bonds. The number of aromatic nitrogens is 2. The molecule has 27 heavy (non-hydrogen) atoms. The van der Waals surface area contributed by atoms with Gasteiger partial charge in [0.1, 0.15) is 0 Å². The smallest absolute Gasteiger partial charge is 0.0963 e. The molecule has 3 aromatic heterocycles. The largest absolute Gasteiger partial charge is 0.308 e. The van der Waals surface area contributed by atoms with Crippen LogP contribution in [0.15, 0.2) is 79.0 Å². The van der Waals surface area contributed by atoms with Crippen molar-refractivity contribution in [2.75, 3.05) is 0 Å². The molecule has 0 bridgehead atoms. The first-order valence-electron chi connectivity index (χ1n) is 9.07. The number of fused-ring (bicyclic) bond motifs is 6. The Labute approximate surface area is 160 Å². The van der Waals surface area contributed by atoms with E-state index in [-0.39, 0.29) is 0 Å². The predicted molar refractivity (Wildman–Crippen MR) is 116 cm³/mol. The molecule has 6 rings (SSSR count). The molecule has 0 fully saturated rings. The fraction of sp³-hybridized carbons (Fsp3) is 0.0417. The minimum atomic E-state index is 1.06. The van der Waals surface area contributed by atoms with Crippen LogP contribution < -0.4 is 0 Å². The molecule has 0 atom stereocenters. The summed E-state index contributed by atoms with van der Waals surface area (Å²) < 4.78 is 4.99. The molecule has 0 aliphatic heterocycles. The number of nitrogens with zero attached hydrogens (tertiary/aromatic N) is 2. The molecule has 0 aliphatic rings. The Morgan fingerprint density at radius 2 is 1.67 bits per heavy atom. The van der Waals surface area contributed by atoms with E-state index >= 15 is 0 Å². The summed E-state index contributed by atoms with van der Waals surface area (Å²) in [6.45, 7) is 2.14. The van der Waals surface area contributed by atoms with E-state index in [4.69, 9.17) is 4.98 Å². The van der Waals surface area contributed by atoms with Gasteiger partial charge in [-0.1, -0.05) is 30.3 Å². The number of benzene rings is 3. The third-order valence-corrected chi connectivity index (χ3v) is 6.41. The SMILES string of the molecule is Cc1cccc(-n2c3cc4sc5ccccc5c4cc3c3ncccc32)c1. The molecule has 0 saturated heterocycles. The van der Waals surface area contributed by atoms with Gasteiger partial charge in [0.2, 0.25) is 0 Å². The predicted octanol–water partition coefficient (Wildman–Crippen LogP) is 6.86. The summed E-state index contributed by atoms with van der Waals surface area (Å²) in [5.41, 5.74) is 5.87. The summed E-state index contributed by atoms with van der Waals surface area (Å²) in [5.74, 6) is 0. The van der Waals surface area contributed by atoms with Crippen LogP contribution >= 0.6 is 11.3 Å². The van der Waals surface area contributed by atoms with Crippen molar-refractivity contribution in [2.45, 2.75) is 6.92 Å². The lowest BCUT2D eigenvalue weighted by Crippen LogP contribution is -1.94. The number of hydrogen-bond donors (Lipinski definition) is 0. The number of thiophene rings is 1. The highest BCUT2D eigenvalue weighted by atomic mass is 32.1. The van der Waals surface area contributed by atoms with Gasteiger partial charge in [0, 0.05) is 37.4 Å². The Morgan fingerprint density at radius 3 is 2.59 bits per heavy atom. The van der Waals surface area contributed by atoms with E-state index in [1.165, 1.54) is 42.3 Å². The molecule has 0 spiro atoms. The Hall–Kier alpha value is -3.17. The van der Waals surface area contributed by atoms with Crippen molar-refractivity contribution in [1.29, 1.82) is 0 Å². The van der Waals surface area contributed by atoms with Crippen molar-refractivity contribution in [1.82, 2.24) is 9.55 Å². The molecule has 3 heterocycles. The topological polar surface area (TPSA) is 17.8 Å². The average molecular weight is 364 g/mol. The summed E-state index contributed by atoms with van der Waals surface area (Å²) >= 11 is 1.86. The molecular weight excluding hydrogens is 348 g/mol. The van der Waals surface area contributed by atoms with E-state index in [2.05, 4.69) is 78.2 Å². The first kappa shape index (κ1) is 14.9. The zero-order valence-electron chi connectivity index (χ0n) is 14.8. The van der Waals surface area contributed by atoms with E-state index in [9.17, 15) is 0 Å². The lowest BCUT2D eigenvalue weighted by molar-refractivity contribution is 1.17. The lowest BCUT2D eigenvalue weighted by atomic mass is 10.1. The van der Waals surface area contributed by atoms with E-state index in [0.29, 0.717) is 0 Å². The fourth-order valence-corrected chi connectivity index (χ4v) is 5.22. The molecule has 128 valence electrons. The van der Waals surface area contributed by atoms with Crippen molar-refractivity contribution < 1.29 is 0 Å². The van der Waals surface area contributed by atoms with Gasteiger partial charge in [-0.15, -0.1) is 11.3 Å². The zero-order chi connectivity index (χ0) is 18.0. The maximum atomic E-state index is 4.73. The van der Waals surface area contributed by atoms with Crippen LogP contribution in [0, 0.1) is 6.92 Å². The maximum Gasteiger partial charge on any atom is 0.0963 e. The molecule has 0 saturated carbocycles. The van der Waals surface area contributed by atoms with Crippen LogP contribution in [-0.2, 0) is 0 Å². The molecule has 0 N–H and O–H groups in total. The highest BCUT2D eigenvalue weighted by Gasteiger charge is 2.16. The van der Waals surface area contributed by atoms with Gasteiger partial charge in [0.15, 0.2) is 0 Å². The average Bonchev–Trinajstić information content (AvgIpc) is 3.21. The summed E-state index contributed by atoms with van der Waals surface area (Å²) in [5, 5.41) is 3.85. The van der Waals surface area contributed by atoms with Crippen molar-refractivity contribution >= 4 is 53.4 Å². The number of pyridine rings is 1. The van der Waals surface area contributed by atoms with Crippen LogP contribution in [0.2, 0.25) is 0 Å². The highest BCUT2D eigenvalue weighted by Crippen LogP contribution is 2.39. The second kappa shape index (κ2) is 5.41. The molecule has 0 aliphatic carbocycles. The normalized spacial score (nSPS) is 11.9. The van der Waals surface area contributed by atoms with Crippen LogP contribution in [0.4, 0.5) is 0 Å². The van der Waals surface area contributed by atoms with Crippen molar-refractivity contribution in [3.8, 4) is 5.69 Å². The second-order valence-electron chi connectivity index (χ2n) is 7.01. The van der Waals surface area contributed by atoms with Crippen LogP contribution in [0.25, 0.3) is 47.8 Å². The second-order valence-corrected chi connectivity index (χ2v) is 8.09. The monoisotopic (exact) mass is 364 g/mol. The number of rotatable bonds is 1. The van der Waals surface area contributed by atoms with Crippen LogP contribution in [-0.4, -0.2) is 9.55 Å². The minimum Gasteiger partial charge on any atom is -0.308 e. The maximum absolute atomic E-state index is 4.73. The number of hydrogen-bond acceptors (Lipinski definition) is 2. The van der Waals surface area contributed by atoms with Crippen molar-refractivity contribution in [2.24, 2.45) is 0 Å². The molecule has 3 heteroatoms. The van der Waals surface area contributed by atoms with Crippen molar-refractivity contribution in [3.63, 3.8) is 0 Å². The summed E-state index contributed by atoms with van der Waals surface area (Å²) in [7, 11) is 0. The Kier molecular flexibility index (Phi) is 3.00. The van der Waals surface area contributed by atoms with Gasteiger partial charge in [-0.05, 0) is 55.0 Å². The molecule has 0 unspecified atom stereocenters. The van der Waals surface area contributed by atoms with Gasteiger partial charge in [0.05, 0.1) is 16.6 Å². The van der Waals surface area contributed by atoms with E-state index in [0.717, 1.165) is 11.0 Å². The standard InChI is InChI=1S/C24H16N2S/c1-15-6-4-7-16(12-15)26-20-9-5-11-25-24(20)19-13-18-17-8-2-3-10-22(17)27-23(18)14-21(19)26/h2-14H,1H3. The number of aryl methyl sites for hydroxylation is 1. The summed E-state index contributed by atoms with van der Waals surface area (Å²) in [6, 6.07) is 26.2.